The minimum Gasteiger partial charge on any atom is -0.356 e. The van der Waals surface area contributed by atoms with Crippen LogP contribution in [0.1, 0.15) is 34.6 Å². The summed E-state index contributed by atoms with van der Waals surface area (Å²) in [5.74, 6) is 1.27. The number of rotatable bonds is 4. The second-order valence-electron chi connectivity index (χ2n) is 4.17. The summed E-state index contributed by atoms with van der Waals surface area (Å²) in [6.45, 7) is 11.1. The minimum absolute atomic E-state index is 0.128. The fourth-order valence-electron chi connectivity index (χ4n) is 0.768. The van der Waals surface area contributed by atoms with Gasteiger partial charge in [0.25, 0.3) is 0 Å². The van der Waals surface area contributed by atoms with Crippen LogP contribution < -0.4 is 5.32 Å². The molecule has 2 nitrogen and oxygen atoms in total. The van der Waals surface area contributed by atoms with Crippen LogP contribution in [0.4, 0.5) is 0 Å². The first kappa shape index (κ1) is 11.5. The molecule has 0 bridgehead atoms. The monoisotopic (exact) mass is 171 g/mol. The molecule has 12 heavy (non-hydrogen) atoms. The summed E-state index contributed by atoms with van der Waals surface area (Å²) in [6.07, 6.45) is 0. The Morgan fingerprint density at radius 2 is 1.67 bits per heavy atom. The van der Waals surface area contributed by atoms with E-state index in [0.717, 1.165) is 6.54 Å². The van der Waals surface area contributed by atoms with Crippen LogP contribution in [0.15, 0.2) is 0 Å². The molecule has 0 aromatic carbocycles. The standard InChI is InChI=1S/C10H21NO/c1-7(2)6-11-10(12)9(5)8(3)4/h7-9H,6H2,1-5H3,(H,11,12). The van der Waals surface area contributed by atoms with E-state index in [1.807, 2.05) is 6.92 Å². The van der Waals surface area contributed by atoms with Crippen molar-refractivity contribution in [2.45, 2.75) is 34.6 Å². The fraction of sp³-hybridized carbons (Fsp3) is 0.900. The maximum absolute atomic E-state index is 11.4. The van der Waals surface area contributed by atoms with E-state index in [4.69, 9.17) is 0 Å². The van der Waals surface area contributed by atoms with Gasteiger partial charge in [0.15, 0.2) is 0 Å². The molecule has 0 radical (unpaired) electrons. The molecule has 0 saturated heterocycles. The maximum Gasteiger partial charge on any atom is 0.223 e. The average molecular weight is 171 g/mol. The van der Waals surface area contributed by atoms with E-state index in [-0.39, 0.29) is 11.8 Å². The molecule has 0 aromatic heterocycles. The third-order valence-corrected chi connectivity index (χ3v) is 2.10. The number of amides is 1. The zero-order chi connectivity index (χ0) is 9.72. The summed E-state index contributed by atoms with van der Waals surface area (Å²) in [7, 11) is 0. The lowest BCUT2D eigenvalue weighted by Crippen LogP contribution is -2.34. The minimum atomic E-state index is 0.128. The zero-order valence-corrected chi connectivity index (χ0v) is 8.85. The van der Waals surface area contributed by atoms with E-state index < -0.39 is 0 Å². The Hall–Kier alpha value is -0.530. The zero-order valence-electron chi connectivity index (χ0n) is 8.85. The molecule has 0 aliphatic heterocycles. The van der Waals surface area contributed by atoms with Gasteiger partial charge in [-0.2, -0.15) is 0 Å². The molecule has 0 spiro atoms. The van der Waals surface area contributed by atoms with E-state index in [2.05, 4.69) is 33.0 Å². The van der Waals surface area contributed by atoms with Gasteiger partial charge in [-0.1, -0.05) is 34.6 Å². The van der Waals surface area contributed by atoms with Gasteiger partial charge in [-0.25, -0.2) is 0 Å². The predicted octanol–water partition coefficient (Wildman–Crippen LogP) is 2.05. The van der Waals surface area contributed by atoms with Crippen molar-refractivity contribution in [2.75, 3.05) is 6.54 Å². The van der Waals surface area contributed by atoms with Gasteiger partial charge >= 0.3 is 0 Å². The SMILES string of the molecule is CC(C)CNC(=O)C(C)C(C)C. The topological polar surface area (TPSA) is 29.1 Å². The van der Waals surface area contributed by atoms with Crippen molar-refractivity contribution in [1.29, 1.82) is 0 Å². The van der Waals surface area contributed by atoms with Gasteiger partial charge in [0.2, 0.25) is 5.91 Å². The normalized spacial score (nSPS) is 13.6. The Bertz CT molecular complexity index is 141. The molecule has 0 aliphatic rings. The van der Waals surface area contributed by atoms with Crippen LogP contribution >= 0.6 is 0 Å². The maximum atomic E-state index is 11.4. The van der Waals surface area contributed by atoms with Crippen LogP contribution in [-0.2, 0) is 4.79 Å². The van der Waals surface area contributed by atoms with Gasteiger partial charge in [-0.15, -0.1) is 0 Å². The van der Waals surface area contributed by atoms with E-state index in [1.165, 1.54) is 0 Å². The van der Waals surface area contributed by atoms with Gasteiger partial charge in [0.05, 0.1) is 0 Å². The Labute approximate surface area is 75.7 Å². The molecule has 1 unspecified atom stereocenters. The third kappa shape index (κ3) is 4.37. The summed E-state index contributed by atoms with van der Waals surface area (Å²) in [5.41, 5.74) is 0. The highest BCUT2D eigenvalue weighted by atomic mass is 16.1. The highest BCUT2D eigenvalue weighted by molar-refractivity contribution is 5.78. The Morgan fingerprint density at radius 3 is 2.00 bits per heavy atom. The average Bonchev–Trinajstić information content (AvgIpc) is 1.98. The summed E-state index contributed by atoms with van der Waals surface area (Å²) < 4.78 is 0. The van der Waals surface area contributed by atoms with Crippen LogP contribution in [0.2, 0.25) is 0 Å². The predicted molar refractivity (Wildman–Crippen MR) is 51.8 cm³/mol. The summed E-state index contributed by atoms with van der Waals surface area (Å²) in [6, 6.07) is 0. The Kier molecular flexibility index (Phi) is 4.95. The summed E-state index contributed by atoms with van der Waals surface area (Å²) in [5, 5.41) is 2.92. The molecular formula is C10H21NO. The largest absolute Gasteiger partial charge is 0.356 e. The molecule has 0 aliphatic carbocycles. The first-order valence-electron chi connectivity index (χ1n) is 4.72. The van der Waals surface area contributed by atoms with Crippen molar-refractivity contribution in [3.63, 3.8) is 0 Å². The van der Waals surface area contributed by atoms with Gasteiger partial charge in [-0.05, 0) is 11.8 Å². The lowest BCUT2D eigenvalue weighted by atomic mass is 9.97. The molecule has 1 amide bonds. The molecule has 0 rings (SSSR count). The molecule has 0 heterocycles. The Balaban J connectivity index is 3.72. The molecule has 0 saturated carbocycles. The van der Waals surface area contributed by atoms with Crippen LogP contribution in [0.5, 0.6) is 0 Å². The number of hydrogen-bond acceptors (Lipinski definition) is 1. The smallest absolute Gasteiger partial charge is 0.223 e. The van der Waals surface area contributed by atoms with Gasteiger partial charge in [0, 0.05) is 12.5 Å². The molecule has 0 aromatic rings. The van der Waals surface area contributed by atoms with Gasteiger partial charge < -0.3 is 5.32 Å². The summed E-state index contributed by atoms with van der Waals surface area (Å²) in [4.78, 5) is 11.4. The van der Waals surface area contributed by atoms with Crippen molar-refractivity contribution < 1.29 is 4.79 Å². The first-order valence-corrected chi connectivity index (χ1v) is 4.72. The molecule has 72 valence electrons. The molecule has 2 heteroatoms. The molecule has 1 N–H and O–H groups in total. The molecular weight excluding hydrogens is 150 g/mol. The van der Waals surface area contributed by atoms with Crippen molar-refractivity contribution in [1.82, 2.24) is 5.32 Å². The quantitative estimate of drug-likeness (QED) is 0.689. The number of carbonyl (C=O) groups excluding carboxylic acids is 1. The highest BCUT2D eigenvalue weighted by Crippen LogP contribution is 2.09. The number of carbonyl (C=O) groups is 1. The fourth-order valence-corrected chi connectivity index (χ4v) is 0.768. The third-order valence-electron chi connectivity index (χ3n) is 2.10. The molecule has 0 fully saturated rings. The van der Waals surface area contributed by atoms with Gasteiger partial charge in [0.1, 0.15) is 0 Å². The summed E-state index contributed by atoms with van der Waals surface area (Å²) >= 11 is 0. The second kappa shape index (κ2) is 5.18. The van der Waals surface area contributed by atoms with Crippen LogP contribution in [-0.4, -0.2) is 12.5 Å². The lowest BCUT2D eigenvalue weighted by molar-refractivity contribution is -0.125. The van der Waals surface area contributed by atoms with Crippen LogP contribution in [0.25, 0.3) is 0 Å². The van der Waals surface area contributed by atoms with Crippen molar-refractivity contribution in [3.8, 4) is 0 Å². The lowest BCUT2D eigenvalue weighted by Gasteiger charge is -2.16. The van der Waals surface area contributed by atoms with Gasteiger partial charge in [-0.3, -0.25) is 4.79 Å². The van der Waals surface area contributed by atoms with Crippen molar-refractivity contribution in [3.05, 3.63) is 0 Å². The Morgan fingerprint density at radius 1 is 1.17 bits per heavy atom. The van der Waals surface area contributed by atoms with Crippen LogP contribution in [0, 0.1) is 17.8 Å². The number of nitrogens with one attached hydrogen (secondary N) is 1. The van der Waals surface area contributed by atoms with E-state index in [0.29, 0.717) is 11.8 Å². The molecule has 1 atom stereocenters. The van der Waals surface area contributed by atoms with Crippen LogP contribution in [0.3, 0.4) is 0 Å². The van der Waals surface area contributed by atoms with E-state index in [1.54, 1.807) is 0 Å². The first-order chi connectivity index (χ1) is 5.45. The van der Waals surface area contributed by atoms with E-state index >= 15 is 0 Å². The van der Waals surface area contributed by atoms with Crippen molar-refractivity contribution >= 4 is 5.91 Å². The number of hydrogen-bond donors (Lipinski definition) is 1. The second-order valence-corrected chi connectivity index (χ2v) is 4.17. The highest BCUT2D eigenvalue weighted by Gasteiger charge is 2.15. The van der Waals surface area contributed by atoms with E-state index in [9.17, 15) is 4.79 Å². The van der Waals surface area contributed by atoms with Crippen molar-refractivity contribution in [2.24, 2.45) is 17.8 Å².